The van der Waals surface area contributed by atoms with Crippen molar-refractivity contribution in [2.75, 3.05) is 31.7 Å². The standard InChI is InChI=1S/C14H19N5O5S/c1-24-14(4-6-25(22,23)9-14)13(21)16-10-3-2-5-19(8-10)12(20)11-7-15-18-17-11/h2-3,7,10H,4-6,8-9H2,1H3,(H,16,21)(H,15,17,18). The molecule has 1 fully saturated rings. The van der Waals surface area contributed by atoms with E-state index in [0.29, 0.717) is 6.54 Å². The largest absolute Gasteiger partial charge is 0.367 e. The van der Waals surface area contributed by atoms with Gasteiger partial charge in [-0.25, -0.2) is 8.42 Å². The maximum atomic E-state index is 12.6. The number of H-pyrrole nitrogens is 1. The van der Waals surface area contributed by atoms with Gasteiger partial charge in [0.1, 0.15) is 0 Å². The van der Waals surface area contributed by atoms with Crippen molar-refractivity contribution < 1.29 is 22.7 Å². The third-order valence-corrected chi connectivity index (χ3v) is 6.16. The van der Waals surface area contributed by atoms with Gasteiger partial charge >= 0.3 is 0 Å². The van der Waals surface area contributed by atoms with E-state index < -0.39 is 27.4 Å². The van der Waals surface area contributed by atoms with Crippen LogP contribution in [0.3, 0.4) is 0 Å². The first-order valence-electron chi connectivity index (χ1n) is 7.73. The molecule has 0 bridgehead atoms. The molecule has 2 N–H and O–H groups in total. The highest BCUT2D eigenvalue weighted by atomic mass is 32.2. The fraction of sp³-hybridized carbons (Fsp3) is 0.571. The van der Waals surface area contributed by atoms with Crippen LogP contribution in [0.5, 0.6) is 0 Å². The minimum atomic E-state index is -3.29. The van der Waals surface area contributed by atoms with Crippen LogP contribution in [0.15, 0.2) is 18.3 Å². The predicted molar refractivity (Wildman–Crippen MR) is 86.4 cm³/mol. The molecule has 2 unspecified atom stereocenters. The fourth-order valence-electron chi connectivity index (χ4n) is 3.00. The minimum absolute atomic E-state index is 0.0778. The molecule has 11 heteroatoms. The first-order chi connectivity index (χ1) is 11.9. The van der Waals surface area contributed by atoms with Crippen molar-refractivity contribution in [1.29, 1.82) is 0 Å². The number of aromatic amines is 1. The highest BCUT2D eigenvalue weighted by molar-refractivity contribution is 7.91. The summed E-state index contributed by atoms with van der Waals surface area (Å²) < 4.78 is 28.7. The van der Waals surface area contributed by atoms with Gasteiger partial charge < -0.3 is 15.0 Å². The van der Waals surface area contributed by atoms with Crippen LogP contribution in [0.1, 0.15) is 16.9 Å². The number of methoxy groups -OCH3 is 1. The molecule has 136 valence electrons. The maximum Gasteiger partial charge on any atom is 0.276 e. The summed E-state index contributed by atoms with van der Waals surface area (Å²) in [4.78, 5) is 26.4. The van der Waals surface area contributed by atoms with Crippen molar-refractivity contribution in [2.24, 2.45) is 0 Å². The summed E-state index contributed by atoms with van der Waals surface area (Å²) in [5.74, 6) is -1.20. The number of nitrogens with one attached hydrogen (secondary N) is 2. The Morgan fingerprint density at radius 2 is 2.28 bits per heavy atom. The Kier molecular flexibility index (Phi) is 4.60. The monoisotopic (exact) mass is 369 g/mol. The van der Waals surface area contributed by atoms with Gasteiger partial charge in [0.15, 0.2) is 21.1 Å². The van der Waals surface area contributed by atoms with Gasteiger partial charge in [0.05, 0.1) is 23.7 Å². The Bertz CT molecular complexity index is 791. The number of nitrogens with zero attached hydrogens (tertiary/aromatic N) is 3. The van der Waals surface area contributed by atoms with Crippen LogP contribution in [0.2, 0.25) is 0 Å². The van der Waals surface area contributed by atoms with Crippen LogP contribution in [0, 0.1) is 0 Å². The van der Waals surface area contributed by atoms with Crippen LogP contribution < -0.4 is 5.32 Å². The second-order valence-electron chi connectivity index (χ2n) is 6.11. The molecule has 0 saturated carbocycles. The molecule has 3 heterocycles. The molecular weight excluding hydrogens is 350 g/mol. The molecule has 2 atom stereocenters. The van der Waals surface area contributed by atoms with Gasteiger partial charge in [0, 0.05) is 26.6 Å². The average Bonchev–Trinajstić information content (AvgIpc) is 3.22. The molecule has 0 radical (unpaired) electrons. The lowest BCUT2D eigenvalue weighted by atomic mass is 10.0. The maximum absolute atomic E-state index is 12.6. The number of amides is 2. The van der Waals surface area contributed by atoms with Gasteiger partial charge in [-0.05, 0) is 0 Å². The molecule has 0 aromatic carbocycles. The van der Waals surface area contributed by atoms with E-state index in [-0.39, 0.29) is 36.1 Å². The number of ether oxygens (including phenoxy) is 1. The first-order valence-corrected chi connectivity index (χ1v) is 9.56. The van der Waals surface area contributed by atoms with Crippen molar-refractivity contribution in [3.8, 4) is 0 Å². The summed E-state index contributed by atoms with van der Waals surface area (Å²) in [6, 6.07) is -0.438. The number of carbonyl (C=O) groups excluding carboxylic acids is 2. The summed E-state index contributed by atoms with van der Waals surface area (Å²) in [7, 11) is -1.96. The Balaban J connectivity index is 1.66. The van der Waals surface area contributed by atoms with E-state index in [1.165, 1.54) is 18.2 Å². The van der Waals surface area contributed by atoms with E-state index in [1.807, 2.05) is 0 Å². The average molecular weight is 369 g/mol. The normalized spacial score (nSPS) is 28.0. The number of rotatable bonds is 4. The summed E-state index contributed by atoms with van der Waals surface area (Å²) in [6.07, 6.45) is 4.99. The molecule has 2 amide bonds. The lowest BCUT2D eigenvalue weighted by molar-refractivity contribution is -0.141. The van der Waals surface area contributed by atoms with E-state index >= 15 is 0 Å². The van der Waals surface area contributed by atoms with Crippen molar-refractivity contribution in [1.82, 2.24) is 25.6 Å². The van der Waals surface area contributed by atoms with Crippen molar-refractivity contribution in [2.45, 2.75) is 18.1 Å². The molecule has 2 aliphatic heterocycles. The third-order valence-electron chi connectivity index (χ3n) is 4.42. The number of sulfone groups is 1. The third kappa shape index (κ3) is 3.56. The summed E-state index contributed by atoms with van der Waals surface area (Å²) in [5.41, 5.74) is -1.18. The second kappa shape index (κ2) is 6.56. The molecule has 3 rings (SSSR count). The van der Waals surface area contributed by atoms with Gasteiger partial charge in [-0.15, -0.1) is 0 Å². The molecule has 2 aliphatic rings. The van der Waals surface area contributed by atoms with Crippen LogP contribution in [-0.2, 0) is 19.4 Å². The summed E-state index contributed by atoms with van der Waals surface area (Å²) in [6.45, 7) is 0.641. The molecule has 1 aromatic heterocycles. The van der Waals surface area contributed by atoms with Crippen LogP contribution >= 0.6 is 0 Å². The topological polar surface area (TPSA) is 134 Å². The molecule has 1 aromatic rings. The number of aromatic nitrogens is 3. The van der Waals surface area contributed by atoms with Crippen molar-refractivity contribution >= 4 is 21.7 Å². The Morgan fingerprint density at radius 1 is 1.48 bits per heavy atom. The lowest BCUT2D eigenvalue weighted by Crippen LogP contribution is -2.55. The van der Waals surface area contributed by atoms with Gasteiger partial charge in [0.25, 0.3) is 11.8 Å². The Labute approximate surface area is 144 Å². The van der Waals surface area contributed by atoms with E-state index in [4.69, 9.17) is 4.74 Å². The smallest absolute Gasteiger partial charge is 0.276 e. The first kappa shape index (κ1) is 17.5. The summed E-state index contributed by atoms with van der Waals surface area (Å²) in [5, 5.41) is 12.5. The van der Waals surface area contributed by atoms with E-state index in [2.05, 4.69) is 20.7 Å². The van der Waals surface area contributed by atoms with E-state index in [1.54, 1.807) is 12.2 Å². The number of carbonyl (C=O) groups is 2. The van der Waals surface area contributed by atoms with Crippen molar-refractivity contribution in [3.05, 3.63) is 24.0 Å². The van der Waals surface area contributed by atoms with Crippen molar-refractivity contribution in [3.63, 3.8) is 0 Å². The zero-order chi connectivity index (χ0) is 18.1. The SMILES string of the molecule is COC1(C(=O)NC2C=CCN(C(=O)c3cn[nH]n3)C2)CCS(=O)(=O)C1. The molecule has 1 saturated heterocycles. The molecule has 0 aliphatic carbocycles. The molecular formula is C14H19N5O5S. The zero-order valence-corrected chi connectivity index (χ0v) is 14.5. The zero-order valence-electron chi connectivity index (χ0n) is 13.6. The highest BCUT2D eigenvalue weighted by Gasteiger charge is 2.49. The van der Waals surface area contributed by atoms with Crippen LogP contribution in [-0.4, -0.2) is 83.9 Å². The number of hydrogen-bond acceptors (Lipinski definition) is 7. The van der Waals surface area contributed by atoms with E-state index in [9.17, 15) is 18.0 Å². The van der Waals surface area contributed by atoms with Gasteiger partial charge in [-0.2, -0.15) is 15.4 Å². The van der Waals surface area contributed by atoms with Crippen LogP contribution in [0.25, 0.3) is 0 Å². The Morgan fingerprint density at radius 3 is 2.88 bits per heavy atom. The van der Waals surface area contributed by atoms with Crippen LogP contribution in [0.4, 0.5) is 0 Å². The summed E-state index contributed by atoms with van der Waals surface area (Å²) >= 11 is 0. The fourth-order valence-corrected chi connectivity index (χ4v) is 4.89. The second-order valence-corrected chi connectivity index (χ2v) is 8.30. The molecule has 10 nitrogen and oxygen atoms in total. The predicted octanol–water partition coefficient (Wildman–Crippen LogP) is -1.49. The quantitative estimate of drug-likeness (QED) is 0.617. The van der Waals surface area contributed by atoms with Gasteiger partial charge in [-0.3, -0.25) is 9.59 Å². The lowest BCUT2D eigenvalue weighted by Gasteiger charge is -2.32. The highest BCUT2D eigenvalue weighted by Crippen LogP contribution is 2.27. The van der Waals surface area contributed by atoms with E-state index in [0.717, 1.165) is 0 Å². The van der Waals surface area contributed by atoms with Gasteiger partial charge in [-0.1, -0.05) is 12.2 Å². The Hall–Kier alpha value is -2.27. The number of hydrogen-bond donors (Lipinski definition) is 2. The minimum Gasteiger partial charge on any atom is -0.367 e. The molecule has 0 spiro atoms. The van der Waals surface area contributed by atoms with Gasteiger partial charge in [0.2, 0.25) is 0 Å². The molecule has 25 heavy (non-hydrogen) atoms.